The molecule has 10 heteroatoms. The SMILES string of the molecule is CCOC(=O)c1c(C2CC2)csc1NC(=O)COC(=O)c1cc(C)n(-c2cc(Cl)ccc2OC)c1C. The molecule has 3 aromatic rings. The van der Waals surface area contributed by atoms with Crippen molar-refractivity contribution in [3.63, 3.8) is 0 Å². The van der Waals surface area contributed by atoms with Crippen LogP contribution in [0.5, 0.6) is 5.75 Å². The molecule has 1 N–H and O–H groups in total. The van der Waals surface area contributed by atoms with Crippen molar-refractivity contribution in [3.05, 3.63) is 62.7 Å². The second-order valence-corrected chi connectivity index (χ2v) is 9.77. The first-order valence-corrected chi connectivity index (χ1v) is 12.8. The Morgan fingerprint density at radius 1 is 1.14 bits per heavy atom. The van der Waals surface area contributed by atoms with Gasteiger partial charge in [-0.15, -0.1) is 11.3 Å². The van der Waals surface area contributed by atoms with Crippen molar-refractivity contribution < 1.29 is 28.6 Å². The molecule has 0 unspecified atom stereocenters. The number of thiophene rings is 1. The predicted octanol–water partition coefficient (Wildman–Crippen LogP) is 5.67. The molecule has 1 aromatic carbocycles. The maximum absolute atomic E-state index is 12.9. The van der Waals surface area contributed by atoms with Gasteiger partial charge < -0.3 is 24.1 Å². The Balaban J connectivity index is 1.47. The summed E-state index contributed by atoms with van der Waals surface area (Å²) in [6, 6.07) is 6.92. The van der Waals surface area contributed by atoms with Crippen LogP contribution in [0.15, 0.2) is 29.6 Å². The quantitative estimate of drug-likeness (QED) is 0.358. The molecule has 1 aliphatic rings. The number of carbonyl (C=O) groups excluding carboxylic acids is 3. The third-order valence-corrected chi connectivity index (χ3v) is 7.09. The summed E-state index contributed by atoms with van der Waals surface area (Å²) in [5, 5.41) is 5.52. The van der Waals surface area contributed by atoms with Crippen LogP contribution in [0.3, 0.4) is 0 Å². The van der Waals surface area contributed by atoms with E-state index in [1.807, 2.05) is 16.9 Å². The maximum Gasteiger partial charge on any atom is 0.341 e. The number of amides is 1. The molecule has 1 fully saturated rings. The average Bonchev–Trinajstić information content (AvgIpc) is 3.54. The molecule has 190 valence electrons. The molecule has 0 atom stereocenters. The minimum Gasteiger partial charge on any atom is -0.495 e. The van der Waals surface area contributed by atoms with Crippen LogP contribution in [0.25, 0.3) is 5.69 Å². The molecular weight excluding hydrogens is 504 g/mol. The van der Waals surface area contributed by atoms with E-state index in [1.54, 1.807) is 45.2 Å². The highest BCUT2D eigenvalue weighted by Gasteiger charge is 2.32. The minimum absolute atomic E-state index is 0.239. The van der Waals surface area contributed by atoms with Crippen molar-refractivity contribution >= 4 is 45.8 Å². The number of anilines is 1. The van der Waals surface area contributed by atoms with Crippen LogP contribution in [-0.2, 0) is 14.3 Å². The Morgan fingerprint density at radius 2 is 1.89 bits per heavy atom. The Bertz CT molecular complexity index is 1320. The summed E-state index contributed by atoms with van der Waals surface area (Å²) in [7, 11) is 1.56. The van der Waals surface area contributed by atoms with E-state index < -0.39 is 24.5 Å². The molecule has 1 aliphatic carbocycles. The summed E-state index contributed by atoms with van der Waals surface area (Å²) in [6.07, 6.45) is 2.02. The fourth-order valence-electron chi connectivity index (χ4n) is 4.12. The number of hydrogen-bond donors (Lipinski definition) is 1. The summed E-state index contributed by atoms with van der Waals surface area (Å²) >= 11 is 7.45. The minimum atomic E-state index is -0.638. The van der Waals surface area contributed by atoms with E-state index in [1.165, 1.54) is 11.3 Å². The average molecular weight is 531 g/mol. The Morgan fingerprint density at radius 3 is 2.56 bits per heavy atom. The number of hydrogen-bond acceptors (Lipinski definition) is 7. The molecule has 8 nitrogen and oxygen atoms in total. The van der Waals surface area contributed by atoms with Crippen molar-refractivity contribution in [2.45, 2.75) is 39.5 Å². The summed E-state index contributed by atoms with van der Waals surface area (Å²) < 4.78 is 17.8. The van der Waals surface area contributed by atoms with Gasteiger partial charge in [0.15, 0.2) is 6.61 Å². The van der Waals surface area contributed by atoms with Crippen LogP contribution in [0.1, 0.15) is 63.4 Å². The highest BCUT2D eigenvalue weighted by molar-refractivity contribution is 7.15. The third-order valence-electron chi connectivity index (χ3n) is 5.94. The van der Waals surface area contributed by atoms with Gasteiger partial charge in [0.2, 0.25) is 0 Å². The normalized spacial score (nSPS) is 12.8. The monoisotopic (exact) mass is 530 g/mol. The first kappa shape index (κ1) is 25.8. The number of carbonyl (C=O) groups is 3. The number of rotatable bonds is 9. The van der Waals surface area contributed by atoms with Crippen LogP contribution < -0.4 is 10.1 Å². The number of aromatic nitrogens is 1. The molecule has 36 heavy (non-hydrogen) atoms. The number of esters is 2. The molecule has 0 aliphatic heterocycles. The van der Waals surface area contributed by atoms with Gasteiger partial charge in [0.1, 0.15) is 10.8 Å². The standard InChI is InChI=1S/C26H27ClN2O6S/c1-5-34-26(32)23-19(16-6-7-16)13-36-24(23)28-22(30)12-35-25(31)18-10-14(2)29(15(18)3)20-11-17(27)8-9-21(20)33-4/h8-11,13,16H,5-7,12H2,1-4H3,(H,28,30). The van der Waals surface area contributed by atoms with Crippen molar-refractivity contribution in [2.75, 3.05) is 25.6 Å². The van der Waals surface area contributed by atoms with Gasteiger partial charge in [-0.3, -0.25) is 4.79 Å². The molecule has 1 saturated carbocycles. The molecule has 2 heterocycles. The first-order chi connectivity index (χ1) is 17.2. The number of nitrogens with one attached hydrogen (secondary N) is 1. The van der Waals surface area contributed by atoms with Gasteiger partial charge in [-0.25, -0.2) is 9.59 Å². The van der Waals surface area contributed by atoms with Gasteiger partial charge in [0.05, 0.1) is 30.5 Å². The van der Waals surface area contributed by atoms with Crippen LogP contribution in [0.2, 0.25) is 5.02 Å². The number of nitrogens with zero attached hydrogens (tertiary/aromatic N) is 1. The van der Waals surface area contributed by atoms with E-state index in [2.05, 4.69) is 5.32 Å². The van der Waals surface area contributed by atoms with Gasteiger partial charge in [-0.1, -0.05) is 11.6 Å². The molecule has 0 radical (unpaired) electrons. The highest BCUT2D eigenvalue weighted by atomic mass is 35.5. The lowest BCUT2D eigenvalue weighted by molar-refractivity contribution is -0.119. The topological polar surface area (TPSA) is 95.9 Å². The van der Waals surface area contributed by atoms with Crippen LogP contribution >= 0.6 is 22.9 Å². The van der Waals surface area contributed by atoms with Gasteiger partial charge in [-0.05, 0) is 74.7 Å². The Labute approximate surface area is 218 Å². The molecule has 2 aromatic heterocycles. The summed E-state index contributed by atoms with van der Waals surface area (Å²) in [5.74, 6) is -0.724. The van der Waals surface area contributed by atoms with Gasteiger partial charge in [-0.2, -0.15) is 0 Å². The summed E-state index contributed by atoms with van der Waals surface area (Å²) in [6.45, 7) is 5.10. The van der Waals surface area contributed by atoms with E-state index in [9.17, 15) is 14.4 Å². The maximum atomic E-state index is 12.9. The van der Waals surface area contributed by atoms with E-state index in [4.69, 9.17) is 25.8 Å². The van der Waals surface area contributed by atoms with Crippen LogP contribution in [0.4, 0.5) is 5.00 Å². The first-order valence-electron chi connectivity index (χ1n) is 11.5. The van der Waals surface area contributed by atoms with Crippen molar-refractivity contribution in [3.8, 4) is 11.4 Å². The van der Waals surface area contributed by atoms with E-state index >= 15 is 0 Å². The largest absolute Gasteiger partial charge is 0.495 e. The summed E-state index contributed by atoms with van der Waals surface area (Å²) in [4.78, 5) is 38.0. The number of methoxy groups -OCH3 is 1. The van der Waals surface area contributed by atoms with Crippen molar-refractivity contribution in [1.29, 1.82) is 0 Å². The molecule has 4 rings (SSSR count). The third kappa shape index (κ3) is 5.27. The lowest BCUT2D eigenvalue weighted by atomic mass is 10.1. The second kappa shape index (κ2) is 10.8. The van der Waals surface area contributed by atoms with Crippen LogP contribution in [-0.4, -0.2) is 42.7 Å². The summed E-state index contributed by atoms with van der Waals surface area (Å²) in [5.41, 5.74) is 3.69. The fraction of sp³-hybridized carbons (Fsp3) is 0.346. The zero-order valence-electron chi connectivity index (χ0n) is 20.5. The van der Waals surface area contributed by atoms with Crippen molar-refractivity contribution in [2.24, 2.45) is 0 Å². The predicted molar refractivity (Wildman–Crippen MR) is 138 cm³/mol. The number of aryl methyl sites for hydroxylation is 1. The Hall–Kier alpha value is -3.30. The lowest BCUT2D eigenvalue weighted by Crippen LogP contribution is -2.22. The highest BCUT2D eigenvalue weighted by Crippen LogP contribution is 2.46. The zero-order chi connectivity index (χ0) is 26.0. The molecular formula is C26H27ClN2O6S. The number of benzene rings is 1. The lowest BCUT2D eigenvalue weighted by Gasteiger charge is -2.14. The van der Waals surface area contributed by atoms with Gasteiger partial charge >= 0.3 is 11.9 Å². The Kier molecular flexibility index (Phi) is 7.70. The zero-order valence-corrected chi connectivity index (χ0v) is 22.0. The smallest absolute Gasteiger partial charge is 0.341 e. The van der Waals surface area contributed by atoms with E-state index in [0.717, 1.165) is 24.1 Å². The van der Waals surface area contributed by atoms with Gasteiger partial charge in [0.25, 0.3) is 5.91 Å². The molecule has 1 amide bonds. The molecule has 0 saturated heterocycles. The number of halogens is 1. The number of ether oxygens (including phenoxy) is 3. The van der Waals surface area contributed by atoms with Gasteiger partial charge in [0, 0.05) is 16.4 Å². The van der Waals surface area contributed by atoms with Crippen LogP contribution in [0, 0.1) is 13.8 Å². The van der Waals surface area contributed by atoms with E-state index in [-0.39, 0.29) is 6.61 Å². The molecule has 0 bridgehead atoms. The molecule has 0 spiro atoms. The van der Waals surface area contributed by atoms with E-state index in [0.29, 0.717) is 44.2 Å². The van der Waals surface area contributed by atoms with Crippen molar-refractivity contribution in [1.82, 2.24) is 4.57 Å². The fourth-order valence-corrected chi connectivity index (χ4v) is 5.33. The second-order valence-electron chi connectivity index (χ2n) is 8.45.